The third kappa shape index (κ3) is 4.71. The van der Waals surface area contributed by atoms with Crippen LogP contribution in [0.3, 0.4) is 0 Å². The van der Waals surface area contributed by atoms with Gasteiger partial charge in [-0.05, 0) is 36.4 Å². The fraction of sp³-hybridized carbons (Fsp3) is 0.143. The van der Waals surface area contributed by atoms with Crippen molar-refractivity contribution in [1.82, 2.24) is 10.3 Å². The van der Waals surface area contributed by atoms with E-state index in [2.05, 4.69) is 10.3 Å². The van der Waals surface area contributed by atoms with Gasteiger partial charge < -0.3 is 5.32 Å². The van der Waals surface area contributed by atoms with Crippen LogP contribution in [0.25, 0.3) is 0 Å². The molecule has 0 aliphatic carbocycles. The Morgan fingerprint density at radius 1 is 1.20 bits per heavy atom. The molecule has 1 N–H and O–H groups in total. The molecule has 104 valence electrons. The smallest absolute Gasteiger partial charge is 0.251 e. The standard InChI is InChI=1S/C14H12Cl2N2OS/c15-11-1-3-12(4-2-11)20-8-7-18-14(19)10-5-6-17-13(16)9-10/h1-6,9H,7-8H2,(H,18,19). The predicted octanol–water partition coefficient (Wildman–Crippen LogP) is 3.91. The molecule has 0 aliphatic rings. The first-order valence-electron chi connectivity index (χ1n) is 5.93. The number of thioether (sulfide) groups is 1. The number of nitrogens with one attached hydrogen (secondary N) is 1. The lowest BCUT2D eigenvalue weighted by Crippen LogP contribution is -2.25. The van der Waals surface area contributed by atoms with E-state index in [4.69, 9.17) is 23.2 Å². The Morgan fingerprint density at radius 3 is 2.65 bits per heavy atom. The van der Waals surface area contributed by atoms with Gasteiger partial charge in [0, 0.05) is 34.0 Å². The van der Waals surface area contributed by atoms with Crippen molar-refractivity contribution < 1.29 is 4.79 Å². The number of carbonyl (C=O) groups is 1. The van der Waals surface area contributed by atoms with E-state index < -0.39 is 0 Å². The third-order valence-corrected chi connectivity index (χ3v) is 3.93. The highest BCUT2D eigenvalue weighted by molar-refractivity contribution is 7.99. The second-order valence-corrected chi connectivity index (χ2v) is 5.92. The van der Waals surface area contributed by atoms with Crippen molar-refractivity contribution in [2.24, 2.45) is 0 Å². The van der Waals surface area contributed by atoms with Gasteiger partial charge in [0.25, 0.3) is 5.91 Å². The number of carbonyl (C=O) groups excluding carboxylic acids is 1. The molecular formula is C14H12Cl2N2OS. The Hall–Kier alpha value is -1.23. The summed E-state index contributed by atoms with van der Waals surface area (Å²) >= 11 is 13.2. The minimum Gasteiger partial charge on any atom is -0.351 e. The van der Waals surface area contributed by atoms with Gasteiger partial charge in [-0.3, -0.25) is 4.79 Å². The molecule has 6 heteroatoms. The summed E-state index contributed by atoms with van der Waals surface area (Å²) in [5.41, 5.74) is 0.515. The van der Waals surface area contributed by atoms with E-state index in [1.165, 1.54) is 6.20 Å². The fourth-order valence-corrected chi connectivity index (χ4v) is 2.58. The molecule has 3 nitrogen and oxygen atoms in total. The zero-order valence-corrected chi connectivity index (χ0v) is 12.8. The molecule has 1 aromatic heterocycles. The number of nitrogens with zero attached hydrogens (tertiary/aromatic N) is 1. The van der Waals surface area contributed by atoms with Crippen LogP contribution in [0.1, 0.15) is 10.4 Å². The van der Waals surface area contributed by atoms with E-state index >= 15 is 0 Å². The first kappa shape index (κ1) is 15.2. The van der Waals surface area contributed by atoms with E-state index in [0.717, 1.165) is 15.7 Å². The Bertz CT molecular complexity index is 590. The zero-order valence-electron chi connectivity index (χ0n) is 10.5. The van der Waals surface area contributed by atoms with Crippen LogP contribution in [0.2, 0.25) is 10.2 Å². The molecular weight excluding hydrogens is 315 g/mol. The maximum atomic E-state index is 11.8. The zero-order chi connectivity index (χ0) is 14.4. The number of aromatic nitrogens is 1. The van der Waals surface area contributed by atoms with Gasteiger partial charge in [0.2, 0.25) is 0 Å². The molecule has 1 aromatic carbocycles. The minimum atomic E-state index is -0.147. The molecule has 0 fully saturated rings. The van der Waals surface area contributed by atoms with Crippen LogP contribution in [0.5, 0.6) is 0 Å². The summed E-state index contributed by atoms with van der Waals surface area (Å²) < 4.78 is 0. The molecule has 0 aliphatic heterocycles. The first-order chi connectivity index (χ1) is 9.65. The highest BCUT2D eigenvalue weighted by Gasteiger charge is 2.05. The van der Waals surface area contributed by atoms with Gasteiger partial charge in [-0.2, -0.15) is 0 Å². The molecule has 0 bridgehead atoms. The lowest BCUT2D eigenvalue weighted by Gasteiger charge is -2.05. The molecule has 0 saturated heterocycles. The van der Waals surface area contributed by atoms with Crippen LogP contribution in [0, 0.1) is 0 Å². The van der Waals surface area contributed by atoms with Gasteiger partial charge in [-0.25, -0.2) is 4.98 Å². The summed E-state index contributed by atoms with van der Waals surface area (Å²) in [5.74, 6) is 0.637. The fourth-order valence-electron chi connectivity index (χ4n) is 1.51. The van der Waals surface area contributed by atoms with Crippen molar-refractivity contribution in [2.75, 3.05) is 12.3 Å². The molecule has 1 heterocycles. The van der Waals surface area contributed by atoms with Crippen molar-refractivity contribution in [3.05, 3.63) is 58.3 Å². The number of hydrogen-bond donors (Lipinski definition) is 1. The van der Waals surface area contributed by atoms with E-state index in [1.807, 2.05) is 24.3 Å². The number of benzene rings is 1. The van der Waals surface area contributed by atoms with Crippen LogP contribution in [-0.2, 0) is 0 Å². The summed E-state index contributed by atoms with van der Waals surface area (Å²) in [6.45, 7) is 0.575. The molecule has 2 rings (SSSR count). The molecule has 0 saturated carbocycles. The van der Waals surface area contributed by atoms with Crippen LogP contribution in [0.15, 0.2) is 47.5 Å². The quantitative estimate of drug-likeness (QED) is 0.514. The van der Waals surface area contributed by atoms with Gasteiger partial charge in [0.05, 0.1) is 0 Å². The maximum Gasteiger partial charge on any atom is 0.251 e. The number of pyridine rings is 1. The number of rotatable bonds is 5. The van der Waals surface area contributed by atoms with Crippen LogP contribution < -0.4 is 5.32 Å². The average molecular weight is 327 g/mol. The van der Waals surface area contributed by atoms with Gasteiger partial charge in [0.15, 0.2) is 0 Å². The Morgan fingerprint density at radius 2 is 1.95 bits per heavy atom. The highest BCUT2D eigenvalue weighted by atomic mass is 35.5. The lowest BCUT2D eigenvalue weighted by atomic mass is 10.2. The molecule has 20 heavy (non-hydrogen) atoms. The topological polar surface area (TPSA) is 42.0 Å². The second-order valence-electron chi connectivity index (χ2n) is 3.93. The summed E-state index contributed by atoms with van der Waals surface area (Å²) in [6.07, 6.45) is 1.51. The third-order valence-electron chi connectivity index (χ3n) is 2.46. The van der Waals surface area contributed by atoms with Crippen molar-refractivity contribution in [2.45, 2.75) is 4.90 Å². The molecule has 0 atom stereocenters. The number of amides is 1. The highest BCUT2D eigenvalue weighted by Crippen LogP contribution is 2.19. The predicted molar refractivity (Wildman–Crippen MR) is 83.8 cm³/mol. The van der Waals surface area contributed by atoms with Crippen molar-refractivity contribution in [3.63, 3.8) is 0 Å². The molecule has 2 aromatic rings. The molecule has 0 unspecified atom stereocenters. The van der Waals surface area contributed by atoms with E-state index in [-0.39, 0.29) is 5.91 Å². The number of halogens is 2. The molecule has 0 spiro atoms. The van der Waals surface area contributed by atoms with Crippen LogP contribution in [-0.4, -0.2) is 23.2 Å². The summed E-state index contributed by atoms with van der Waals surface area (Å²) in [7, 11) is 0. The van der Waals surface area contributed by atoms with Gasteiger partial charge >= 0.3 is 0 Å². The van der Waals surface area contributed by atoms with E-state index in [9.17, 15) is 4.79 Å². The van der Waals surface area contributed by atoms with Crippen LogP contribution >= 0.6 is 35.0 Å². The Labute approximate surface area is 131 Å². The van der Waals surface area contributed by atoms with Crippen molar-refractivity contribution in [3.8, 4) is 0 Å². The summed E-state index contributed by atoms with van der Waals surface area (Å²) in [6, 6.07) is 10.8. The lowest BCUT2D eigenvalue weighted by molar-refractivity contribution is 0.0956. The minimum absolute atomic E-state index is 0.147. The number of hydrogen-bond acceptors (Lipinski definition) is 3. The van der Waals surface area contributed by atoms with Crippen LogP contribution in [0.4, 0.5) is 0 Å². The normalized spacial score (nSPS) is 10.3. The Kier molecular flexibility index (Phi) is 5.71. The van der Waals surface area contributed by atoms with Crippen molar-refractivity contribution >= 4 is 40.9 Å². The van der Waals surface area contributed by atoms with Gasteiger partial charge in [-0.1, -0.05) is 23.2 Å². The maximum absolute atomic E-state index is 11.8. The van der Waals surface area contributed by atoms with Gasteiger partial charge in [0.1, 0.15) is 5.15 Å². The first-order valence-corrected chi connectivity index (χ1v) is 7.67. The van der Waals surface area contributed by atoms with E-state index in [1.54, 1.807) is 23.9 Å². The largest absolute Gasteiger partial charge is 0.351 e. The summed E-state index contributed by atoms with van der Waals surface area (Å²) in [4.78, 5) is 16.8. The second kappa shape index (κ2) is 7.53. The molecule has 0 radical (unpaired) electrons. The van der Waals surface area contributed by atoms with E-state index in [0.29, 0.717) is 17.3 Å². The van der Waals surface area contributed by atoms with Crippen molar-refractivity contribution in [1.29, 1.82) is 0 Å². The summed E-state index contributed by atoms with van der Waals surface area (Å²) in [5, 5.41) is 3.87. The monoisotopic (exact) mass is 326 g/mol. The average Bonchev–Trinajstić information content (AvgIpc) is 2.45. The van der Waals surface area contributed by atoms with Gasteiger partial charge in [-0.15, -0.1) is 11.8 Å². The molecule has 1 amide bonds. The Balaban J connectivity index is 1.76. The SMILES string of the molecule is O=C(NCCSc1ccc(Cl)cc1)c1ccnc(Cl)c1.